The van der Waals surface area contributed by atoms with Gasteiger partial charge in [0.15, 0.2) is 14.7 Å². The third-order valence-corrected chi connectivity index (χ3v) is 8.80. The molecule has 0 aliphatic rings. The minimum atomic E-state index is -6.35. The number of hydrogen-bond donors (Lipinski definition) is 0. The molecule has 14 heteroatoms. The first-order valence-electron chi connectivity index (χ1n) is 12.0. The van der Waals surface area contributed by atoms with E-state index in [1.165, 1.54) is 25.8 Å². The summed E-state index contributed by atoms with van der Waals surface area (Å²) in [6, 6.07) is 26.7. The highest BCUT2D eigenvalue weighted by Crippen LogP contribution is 2.45. The number of benzene rings is 4. The number of rotatable bonds is 4. The molecule has 0 bridgehead atoms. The maximum Gasteiger partial charge on any atom is 0.417 e. The van der Waals surface area contributed by atoms with E-state index in [1.54, 1.807) is 0 Å². The van der Waals surface area contributed by atoms with E-state index in [4.69, 9.17) is 0 Å². The molecule has 0 atom stereocenters. The molecule has 3 nitrogen and oxygen atoms in total. The maximum atomic E-state index is 12.6. The Labute approximate surface area is 244 Å². The largest absolute Gasteiger partial charge is 0.744 e. The van der Waals surface area contributed by atoms with Gasteiger partial charge in [-0.05, 0) is 73.5 Å². The predicted octanol–water partition coefficient (Wildman–Crippen LogP) is 9.05. The second-order valence-corrected chi connectivity index (χ2v) is 12.4. The van der Waals surface area contributed by atoms with Gasteiger partial charge >= 0.3 is 18.5 Å². The first-order valence-corrected chi connectivity index (χ1v) is 14.6. The Morgan fingerprint density at radius 1 is 0.558 bits per heavy atom. The third kappa shape index (κ3) is 8.77. The molecule has 0 radical (unpaired) electrons. The van der Waals surface area contributed by atoms with Gasteiger partial charge in [-0.3, -0.25) is 0 Å². The summed E-state index contributed by atoms with van der Waals surface area (Å²) < 4.78 is 145. The summed E-state index contributed by atoms with van der Waals surface area (Å²) in [6.07, 6.45) is -17.5. The summed E-state index contributed by atoms with van der Waals surface area (Å²) >= 11 is 0. The second-order valence-electron chi connectivity index (χ2n) is 9.10. The Morgan fingerprint density at radius 3 is 1.23 bits per heavy atom. The van der Waals surface area contributed by atoms with Gasteiger partial charge in [0.2, 0.25) is 0 Å². The molecule has 0 spiro atoms. The van der Waals surface area contributed by atoms with Crippen LogP contribution in [0.2, 0.25) is 0 Å². The van der Waals surface area contributed by atoms with E-state index < -0.39 is 62.4 Å². The first-order chi connectivity index (χ1) is 19.7. The van der Waals surface area contributed by atoms with Crippen LogP contribution in [0.25, 0.3) is 0 Å². The van der Waals surface area contributed by atoms with Gasteiger partial charge in [-0.15, -0.1) is 0 Å². The third-order valence-electron chi connectivity index (χ3n) is 5.67. The second kappa shape index (κ2) is 12.6. The molecule has 0 saturated carbocycles. The zero-order valence-electron chi connectivity index (χ0n) is 22.1. The lowest BCUT2D eigenvalue weighted by atomic mass is 10.0. The van der Waals surface area contributed by atoms with Crippen molar-refractivity contribution in [3.05, 3.63) is 119 Å². The molecule has 0 heterocycles. The van der Waals surface area contributed by atoms with Crippen molar-refractivity contribution >= 4 is 21.0 Å². The molecular formula is C29H21F9O3S2. The SMILES string of the molecule is Cc1cc(C)cc([S+](c2ccccc2)c2ccccc2)c1.O=S(=O)([O-])c1c(C(F)(F)F)cc(C(F)(F)F)cc1C(F)(F)F. The average Bonchev–Trinajstić information content (AvgIpc) is 2.87. The first kappa shape index (κ1) is 34.0. The lowest BCUT2D eigenvalue weighted by molar-refractivity contribution is -0.152. The van der Waals surface area contributed by atoms with Crippen LogP contribution < -0.4 is 0 Å². The fraction of sp³-hybridized carbons (Fsp3) is 0.172. The van der Waals surface area contributed by atoms with E-state index in [-0.39, 0.29) is 10.9 Å². The van der Waals surface area contributed by atoms with Crippen molar-refractivity contribution < 1.29 is 52.5 Å². The van der Waals surface area contributed by atoms with Gasteiger partial charge in [-0.25, -0.2) is 8.42 Å². The molecule has 0 amide bonds. The van der Waals surface area contributed by atoms with Crippen molar-refractivity contribution in [2.75, 3.05) is 0 Å². The molecule has 0 fully saturated rings. The lowest BCUT2D eigenvalue weighted by Gasteiger charge is -2.22. The van der Waals surface area contributed by atoms with Gasteiger partial charge in [0.25, 0.3) is 0 Å². The molecule has 4 rings (SSSR count). The molecule has 0 N–H and O–H groups in total. The quantitative estimate of drug-likeness (QED) is 0.126. The highest BCUT2D eigenvalue weighted by atomic mass is 32.2. The van der Waals surface area contributed by atoms with Crippen LogP contribution >= 0.6 is 0 Å². The standard InChI is InChI=1S/C20H19S.C9H3F9O3S/c1-16-13-17(2)15-20(14-16)21(18-9-5-3-6-10-18)19-11-7-4-8-12-19;10-7(11,12)3-1-4(8(13,14)15)6(22(19,20)21)5(2-3)9(16,17)18/h3-15H,1-2H3;1-2H,(H,19,20,21)/q+1;/p-1. The fourth-order valence-corrected chi connectivity index (χ4v) is 7.23. The summed E-state index contributed by atoms with van der Waals surface area (Å²) in [7, 11) is -6.39. The smallest absolute Gasteiger partial charge is 0.417 e. The van der Waals surface area contributed by atoms with Gasteiger partial charge in [0.05, 0.1) is 32.5 Å². The lowest BCUT2D eigenvalue weighted by Crippen LogP contribution is -2.22. The molecule has 230 valence electrons. The van der Waals surface area contributed by atoms with E-state index in [1.807, 2.05) is 0 Å². The van der Waals surface area contributed by atoms with Crippen LogP contribution in [-0.2, 0) is 39.5 Å². The van der Waals surface area contributed by atoms with E-state index in [0.29, 0.717) is 0 Å². The predicted molar refractivity (Wildman–Crippen MR) is 140 cm³/mol. The van der Waals surface area contributed by atoms with Crippen LogP contribution in [0, 0.1) is 13.8 Å². The number of aryl methyl sites for hydroxylation is 2. The van der Waals surface area contributed by atoms with Crippen molar-refractivity contribution in [2.45, 2.75) is 52.0 Å². The van der Waals surface area contributed by atoms with E-state index in [0.717, 1.165) is 0 Å². The van der Waals surface area contributed by atoms with Gasteiger partial charge < -0.3 is 4.55 Å². The van der Waals surface area contributed by atoms with Crippen LogP contribution in [0.4, 0.5) is 39.5 Å². The Kier molecular flexibility index (Phi) is 9.98. The number of alkyl halides is 9. The minimum Gasteiger partial charge on any atom is -0.744 e. The number of halogens is 9. The zero-order valence-corrected chi connectivity index (χ0v) is 23.7. The van der Waals surface area contributed by atoms with Crippen molar-refractivity contribution in [1.29, 1.82) is 0 Å². The molecule has 43 heavy (non-hydrogen) atoms. The summed E-state index contributed by atoms with van der Waals surface area (Å²) in [5.41, 5.74) is -5.39. The van der Waals surface area contributed by atoms with Gasteiger partial charge in [-0.1, -0.05) is 42.5 Å². The van der Waals surface area contributed by atoms with E-state index in [2.05, 4.69) is 92.7 Å². The van der Waals surface area contributed by atoms with Crippen LogP contribution in [-0.4, -0.2) is 13.0 Å². The van der Waals surface area contributed by atoms with Crippen molar-refractivity contribution in [3.8, 4) is 0 Å². The summed E-state index contributed by atoms with van der Waals surface area (Å²) in [6.45, 7) is 4.35. The molecule has 0 aliphatic carbocycles. The molecule has 0 saturated heterocycles. The minimum absolute atomic E-state index is 0.0352. The van der Waals surface area contributed by atoms with Gasteiger partial charge in [-0.2, -0.15) is 39.5 Å². The Hall–Kier alpha value is -3.49. The van der Waals surface area contributed by atoms with Crippen LogP contribution in [0.3, 0.4) is 0 Å². The Balaban J connectivity index is 0.000000235. The van der Waals surface area contributed by atoms with Gasteiger partial charge in [0, 0.05) is 0 Å². The van der Waals surface area contributed by atoms with Crippen molar-refractivity contribution in [2.24, 2.45) is 0 Å². The van der Waals surface area contributed by atoms with Crippen LogP contribution in [0.1, 0.15) is 27.8 Å². The Bertz CT molecular complexity index is 1570. The number of hydrogen-bond acceptors (Lipinski definition) is 3. The summed E-state index contributed by atoms with van der Waals surface area (Å²) in [5.74, 6) is 0. The normalized spacial score (nSPS) is 12.6. The molecule has 4 aromatic carbocycles. The molecule has 0 aliphatic heterocycles. The molecule has 4 aromatic rings. The molecular weight excluding hydrogens is 631 g/mol. The van der Waals surface area contributed by atoms with E-state index in [9.17, 15) is 52.5 Å². The van der Waals surface area contributed by atoms with Crippen LogP contribution in [0.15, 0.2) is 111 Å². The molecule has 0 aromatic heterocycles. The summed E-state index contributed by atoms with van der Waals surface area (Å²) in [4.78, 5) is 1.34. The fourth-order valence-electron chi connectivity index (χ4n) is 4.06. The highest BCUT2D eigenvalue weighted by molar-refractivity contribution is 7.97. The Morgan fingerprint density at radius 2 is 0.930 bits per heavy atom. The summed E-state index contributed by atoms with van der Waals surface area (Å²) in [5, 5.41) is 0. The molecule has 0 unspecified atom stereocenters. The van der Waals surface area contributed by atoms with Crippen LogP contribution in [0.5, 0.6) is 0 Å². The zero-order chi connectivity index (χ0) is 32.4. The van der Waals surface area contributed by atoms with E-state index >= 15 is 0 Å². The monoisotopic (exact) mass is 652 g/mol. The maximum absolute atomic E-state index is 12.6. The topological polar surface area (TPSA) is 57.2 Å². The highest BCUT2D eigenvalue weighted by Gasteiger charge is 2.46. The average molecular weight is 653 g/mol. The van der Waals surface area contributed by atoms with Gasteiger partial charge in [0.1, 0.15) is 10.1 Å². The van der Waals surface area contributed by atoms with Crippen molar-refractivity contribution in [3.63, 3.8) is 0 Å². The van der Waals surface area contributed by atoms with Crippen molar-refractivity contribution in [1.82, 2.24) is 0 Å².